The van der Waals surface area contributed by atoms with Crippen LogP contribution in [0.3, 0.4) is 0 Å². The molecule has 1 aromatic carbocycles. The molecule has 2 fully saturated rings. The van der Waals surface area contributed by atoms with Crippen LogP contribution in [0.15, 0.2) is 61.1 Å². The molecule has 1 saturated heterocycles. The Hall–Kier alpha value is -2.71. The SMILES string of the molecule is O=C(CS(=O)Cc1cnn(-c2ccccc2)c1-n1cccc1)N1CCN(C2CCCCC2)CC1. The van der Waals surface area contributed by atoms with Crippen molar-refractivity contribution >= 4 is 16.7 Å². The first-order chi connectivity index (χ1) is 16.7. The zero-order chi connectivity index (χ0) is 23.3. The minimum absolute atomic E-state index is 0.000377. The maximum Gasteiger partial charge on any atom is 0.235 e. The lowest BCUT2D eigenvalue weighted by Crippen LogP contribution is -2.53. The van der Waals surface area contributed by atoms with Gasteiger partial charge in [-0.05, 0) is 37.1 Å². The summed E-state index contributed by atoms with van der Waals surface area (Å²) in [4.78, 5) is 17.4. The molecular weight excluding hydrogens is 446 g/mol. The van der Waals surface area contributed by atoms with E-state index in [1.54, 1.807) is 6.20 Å². The molecule has 0 bridgehead atoms. The predicted molar refractivity (Wildman–Crippen MR) is 135 cm³/mol. The van der Waals surface area contributed by atoms with Crippen LogP contribution in [0.1, 0.15) is 37.7 Å². The Kier molecular flexibility index (Phi) is 7.25. The van der Waals surface area contributed by atoms with Crippen molar-refractivity contribution in [2.75, 3.05) is 31.9 Å². The molecule has 3 aromatic rings. The molecule has 1 amide bonds. The molecule has 2 aliphatic rings. The molecule has 0 spiro atoms. The zero-order valence-corrected chi connectivity index (χ0v) is 20.4. The molecule has 0 N–H and O–H groups in total. The van der Waals surface area contributed by atoms with Gasteiger partial charge in [-0.15, -0.1) is 0 Å². The van der Waals surface area contributed by atoms with Crippen LogP contribution in [0.25, 0.3) is 11.5 Å². The molecule has 180 valence electrons. The van der Waals surface area contributed by atoms with Crippen LogP contribution >= 0.6 is 0 Å². The minimum Gasteiger partial charge on any atom is -0.339 e. The molecule has 1 aliphatic heterocycles. The number of carbonyl (C=O) groups is 1. The molecular formula is C26H33N5O2S. The quantitative estimate of drug-likeness (QED) is 0.521. The number of hydrogen-bond donors (Lipinski definition) is 0. The van der Waals surface area contributed by atoms with E-state index in [0.717, 1.165) is 43.2 Å². The highest BCUT2D eigenvalue weighted by Gasteiger charge is 2.28. The fourth-order valence-corrected chi connectivity index (χ4v) is 6.33. The largest absolute Gasteiger partial charge is 0.339 e. The normalized spacial score (nSPS) is 18.8. The molecule has 1 saturated carbocycles. The number of para-hydroxylation sites is 1. The van der Waals surface area contributed by atoms with Crippen LogP contribution in [0.5, 0.6) is 0 Å². The van der Waals surface area contributed by atoms with E-state index in [1.165, 1.54) is 32.1 Å². The number of rotatable bonds is 7. The Bertz CT molecular complexity index is 1100. The summed E-state index contributed by atoms with van der Waals surface area (Å²) in [6, 6.07) is 14.5. The van der Waals surface area contributed by atoms with Gasteiger partial charge in [-0.1, -0.05) is 37.5 Å². The van der Waals surface area contributed by atoms with Crippen molar-refractivity contribution in [1.29, 1.82) is 0 Å². The number of hydrogen-bond acceptors (Lipinski definition) is 4. The summed E-state index contributed by atoms with van der Waals surface area (Å²) in [5.74, 6) is 1.22. The van der Waals surface area contributed by atoms with E-state index in [2.05, 4.69) is 10.00 Å². The van der Waals surface area contributed by atoms with Crippen LogP contribution in [0.4, 0.5) is 0 Å². The van der Waals surface area contributed by atoms with Crippen LogP contribution in [0, 0.1) is 0 Å². The Balaban J connectivity index is 1.22. The number of amides is 1. The van der Waals surface area contributed by atoms with E-state index in [0.29, 0.717) is 11.8 Å². The van der Waals surface area contributed by atoms with Crippen molar-refractivity contribution in [2.45, 2.75) is 43.9 Å². The van der Waals surface area contributed by atoms with Gasteiger partial charge in [0.05, 0.1) is 17.6 Å². The van der Waals surface area contributed by atoms with E-state index in [9.17, 15) is 9.00 Å². The molecule has 1 atom stereocenters. The second kappa shape index (κ2) is 10.7. The van der Waals surface area contributed by atoms with Gasteiger partial charge in [-0.2, -0.15) is 5.10 Å². The molecule has 1 aliphatic carbocycles. The first-order valence-electron chi connectivity index (χ1n) is 12.3. The van der Waals surface area contributed by atoms with E-state index >= 15 is 0 Å². The van der Waals surface area contributed by atoms with E-state index < -0.39 is 10.8 Å². The second-order valence-electron chi connectivity index (χ2n) is 9.27. The molecule has 7 nitrogen and oxygen atoms in total. The van der Waals surface area contributed by atoms with Crippen molar-refractivity contribution in [3.63, 3.8) is 0 Å². The van der Waals surface area contributed by atoms with Gasteiger partial charge in [0.2, 0.25) is 5.91 Å². The summed E-state index contributed by atoms with van der Waals surface area (Å²) >= 11 is 0. The molecule has 5 rings (SSSR count). The number of carbonyl (C=O) groups excluding carboxylic acids is 1. The topological polar surface area (TPSA) is 63.4 Å². The number of benzene rings is 1. The van der Waals surface area contributed by atoms with E-state index in [1.807, 2.05) is 69.0 Å². The maximum atomic E-state index is 13.1. The van der Waals surface area contributed by atoms with E-state index in [4.69, 9.17) is 0 Å². The summed E-state index contributed by atoms with van der Waals surface area (Å²) in [6.07, 6.45) is 12.3. The molecule has 1 unspecified atom stereocenters. The Morgan fingerprint density at radius 1 is 0.941 bits per heavy atom. The highest BCUT2D eigenvalue weighted by molar-refractivity contribution is 7.84. The predicted octanol–water partition coefficient (Wildman–Crippen LogP) is 3.39. The molecule has 34 heavy (non-hydrogen) atoms. The Morgan fingerprint density at radius 3 is 2.35 bits per heavy atom. The summed E-state index contributed by atoms with van der Waals surface area (Å²) in [5, 5.41) is 4.58. The number of piperazine rings is 1. The van der Waals surface area contributed by atoms with Crippen molar-refractivity contribution in [2.24, 2.45) is 0 Å². The van der Waals surface area contributed by atoms with Crippen molar-refractivity contribution in [3.05, 3.63) is 66.6 Å². The van der Waals surface area contributed by atoms with Gasteiger partial charge < -0.3 is 9.47 Å². The van der Waals surface area contributed by atoms with Crippen molar-refractivity contribution in [3.8, 4) is 11.5 Å². The molecule has 3 heterocycles. The van der Waals surface area contributed by atoms with Crippen molar-refractivity contribution < 1.29 is 9.00 Å². The smallest absolute Gasteiger partial charge is 0.235 e. The first kappa shape index (κ1) is 23.1. The highest BCUT2D eigenvalue weighted by atomic mass is 32.2. The maximum absolute atomic E-state index is 13.1. The fourth-order valence-electron chi connectivity index (χ4n) is 5.22. The third kappa shape index (κ3) is 5.18. The Labute approximate surface area is 203 Å². The van der Waals surface area contributed by atoms with Crippen LogP contribution in [-0.4, -0.2) is 72.2 Å². The average Bonchev–Trinajstić information content (AvgIpc) is 3.55. The standard InChI is InChI=1S/C26H33N5O2S/c32-25(29-17-15-28(16-18-29)23-9-3-1-4-10-23)21-34(33)20-22-19-27-31(24-11-5-2-6-12-24)26(22)30-13-7-8-14-30/h2,5-8,11-14,19,23H,1,3-4,9-10,15-18,20-21H2. The molecule has 8 heteroatoms. The molecule has 2 aromatic heterocycles. The Morgan fingerprint density at radius 2 is 1.65 bits per heavy atom. The lowest BCUT2D eigenvalue weighted by atomic mass is 9.94. The van der Waals surface area contributed by atoms with Crippen molar-refractivity contribution in [1.82, 2.24) is 24.1 Å². The van der Waals surface area contributed by atoms with Gasteiger partial charge in [-0.3, -0.25) is 13.9 Å². The van der Waals surface area contributed by atoms with Gasteiger partial charge in [0.1, 0.15) is 11.6 Å². The lowest BCUT2D eigenvalue weighted by Gasteiger charge is -2.40. The van der Waals surface area contributed by atoms with Gasteiger partial charge in [-0.25, -0.2) is 4.68 Å². The third-order valence-corrected chi connectivity index (χ3v) is 8.23. The fraction of sp³-hybridized carbons (Fsp3) is 0.462. The lowest BCUT2D eigenvalue weighted by molar-refractivity contribution is -0.130. The van der Waals surface area contributed by atoms with Crippen LogP contribution < -0.4 is 0 Å². The monoisotopic (exact) mass is 479 g/mol. The van der Waals surface area contributed by atoms with Gasteiger partial charge in [0.15, 0.2) is 0 Å². The zero-order valence-electron chi connectivity index (χ0n) is 19.6. The second-order valence-corrected chi connectivity index (χ2v) is 10.7. The van der Waals surface area contributed by atoms with Crippen LogP contribution in [0.2, 0.25) is 0 Å². The highest BCUT2D eigenvalue weighted by Crippen LogP contribution is 2.24. The number of aromatic nitrogens is 3. The van der Waals surface area contributed by atoms with Gasteiger partial charge in [0, 0.05) is 61.0 Å². The summed E-state index contributed by atoms with van der Waals surface area (Å²) in [7, 11) is -1.30. The first-order valence-corrected chi connectivity index (χ1v) is 13.8. The summed E-state index contributed by atoms with van der Waals surface area (Å²) in [5.41, 5.74) is 1.81. The number of nitrogens with zero attached hydrogens (tertiary/aromatic N) is 5. The minimum atomic E-state index is -1.30. The van der Waals surface area contributed by atoms with Crippen LogP contribution in [-0.2, 0) is 21.3 Å². The van der Waals surface area contributed by atoms with E-state index in [-0.39, 0.29) is 11.7 Å². The third-order valence-electron chi connectivity index (χ3n) is 7.03. The molecule has 0 radical (unpaired) electrons. The summed E-state index contributed by atoms with van der Waals surface area (Å²) in [6.45, 7) is 3.36. The summed E-state index contributed by atoms with van der Waals surface area (Å²) < 4.78 is 16.9. The van der Waals surface area contributed by atoms with Gasteiger partial charge in [0.25, 0.3) is 0 Å². The van der Waals surface area contributed by atoms with Gasteiger partial charge >= 0.3 is 0 Å². The average molecular weight is 480 g/mol.